The smallest absolute Gasteiger partial charge is 0.378 e. The Labute approximate surface area is 184 Å². The molecule has 0 bridgehead atoms. The van der Waals surface area contributed by atoms with Crippen molar-refractivity contribution >= 4 is 5.91 Å². The van der Waals surface area contributed by atoms with Crippen molar-refractivity contribution in [2.75, 3.05) is 19.8 Å². The van der Waals surface area contributed by atoms with Gasteiger partial charge in [0, 0.05) is 50.1 Å². The van der Waals surface area contributed by atoms with Gasteiger partial charge >= 0.3 is 6.18 Å². The Balaban J connectivity index is 1.31. The van der Waals surface area contributed by atoms with Crippen molar-refractivity contribution in [1.82, 2.24) is 15.2 Å². The first-order chi connectivity index (χ1) is 15.3. The fourth-order valence-electron chi connectivity index (χ4n) is 6.38. The molecule has 32 heavy (non-hydrogen) atoms. The molecule has 5 nitrogen and oxygen atoms in total. The summed E-state index contributed by atoms with van der Waals surface area (Å²) in [5.74, 6) is 0.294. The van der Waals surface area contributed by atoms with Crippen LogP contribution in [0.2, 0.25) is 0 Å². The van der Waals surface area contributed by atoms with Crippen LogP contribution in [0, 0.1) is 11.3 Å². The molecule has 1 saturated heterocycles. The number of aromatic nitrogens is 1. The molecule has 176 valence electrons. The third-order valence-electron chi connectivity index (χ3n) is 7.95. The van der Waals surface area contributed by atoms with Crippen LogP contribution in [0.25, 0.3) is 0 Å². The van der Waals surface area contributed by atoms with Gasteiger partial charge in [0.05, 0.1) is 17.6 Å². The van der Waals surface area contributed by atoms with Crippen LogP contribution in [0.4, 0.5) is 17.6 Å². The summed E-state index contributed by atoms with van der Waals surface area (Å²) < 4.78 is 58.8. The molecule has 1 N–H and O–H groups in total. The fraction of sp³-hybridized carbons (Fsp3) is 0.739. The molecule has 5 atom stereocenters. The number of pyridine rings is 1. The molecule has 1 amide bonds. The van der Waals surface area contributed by atoms with E-state index in [1.54, 1.807) is 4.90 Å². The molecule has 2 saturated carbocycles. The van der Waals surface area contributed by atoms with Crippen molar-refractivity contribution in [1.29, 1.82) is 0 Å². The van der Waals surface area contributed by atoms with E-state index < -0.39 is 23.3 Å². The van der Waals surface area contributed by atoms with E-state index >= 15 is 0 Å². The van der Waals surface area contributed by atoms with Gasteiger partial charge in [0.25, 0.3) is 0 Å². The van der Waals surface area contributed by atoms with Crippen LogP contribution in [-0.2, 0) is 28.7 Å². The highest BCUT2D eigenvalue weighted by Gasteiger charge is 2.56. The van der Waals surface area contributed by atoms with Gasteiger partial charge in [0.2, 0.25) is 5.91 Å². The highest BCUT2D eigenvalue weighted by molar-refractivity contribution is 5.84. The SMILES string of the molecule is O=C(N1CCc2ncc(C(F)(F)F)cc2C1)[C@@]12CCC[C@@H]1C[C@@H](NC1CCOC[C@@H]1F)C2. The second-order valence-corrected chi connectivity index (χ2v) is 9.84. The lowest BCUT2D eigenvalue weighted by molar-refractivity contribution is -0.144. The number of ether oxygens (including phenoxy) is 1. The third kappa shape index (κ3) is 3.91. The van der Waals surface area contributed by atoms with Gasteiger partial charge in [0.15, 0.2) is 0 Å². The van der Waals surface area contributed by atoms with Crippen LogP contribution in [-0.4, -0.2) is 53.8 Å². The second kappa shape index (κ2) is 8.24. The molecular formula is C23H29F4N3O2. The van der Waals surface area contributed by atoms with Crippen molar-refractivity contribution in [3.05, 3.63) is 29.1 Å². The van der Waals surface area contributed by atoms with Crippen LogP contribution < -0.4 is 5.32 Å². The summed E-state index contributed by atoms with van der Waals surface area (Å²) in [4.78, 5) is 19.5. The van der Waals surface area contributed by atoms with E-state index in [0.29, 0.717) is 43.7 Å². The number of hydrogen-bond donors (Lipinski definition) is 1. The molecule has 3 fully saturated rings. The Hall–Kier alpha value is -1.74. The Morgan fingerprint density at radius 2 is 2.16 bits per heavy atom. The second-order valence-electron chi connectivity index (χ2n) is 9.84. The quantitative estimate of drug-likeness (QED) is 0.707. The van der Waals surface area contributed by atoms with E-state index in [2.05, 4.69) is 10.3 Å². The van der Waals surface area contributed by atoms with Crippen molar-refractivity contribution in [3.63, 3.8) is 0 Å². The first kappa shape index (κ1) is 22.1. The zero-order valence-corrected chi connectivity index (χ0v) is 18.0. The maximum Gasteiger partial charge on any atom is 0.417 e. The number of carbonyl (C=O) groups excluding carboxylic acids is 1. The van der Waals surface area contributed by atoms with Gasteiger partial charge < -0.3 is 15.0 Å². The number of nitrogens with zero attached hydrogens (tertiary/aromatic N) is 2. The Kier molecular flexibility index (Phi) is 5.68. The number of hydrogen-bond acceptors (Lipinski definition) is 4. The number of rotatable bonds is 3. The highest BCUT2D eigenvalue weighted by atomic mass is 19.4. The summed E-state index contributed by atoms with van der Waals surface area (Å²) in [6.45, 7) is 1.30. The average molecular weight is 455 g/mol. The van der Waals surface area contributed by atoms with Crippen molar-refractivity contribution in [2.45, 2.75) is 75.9 Å². The number of amides is 1. The fourth-order valence-corrected chi connectivity index (χ4v) is 6.38. The van der Waals surface area contributed by atoms with E-state index in [-0.39, 0.29) is 37.1 Å². The summed E-state index contributed by atoms with van der Waals surface area (Å²) in [6.07, 6.45) is 0.752. The summed E-state index contributed by atoms with van der Waals surface area (Å²) in [5.41, 5.74) is -0.131. The topological polar surface area (TPSA) is 54.5 Å². The molecule has 0 spiro atoms. The van der Waals surface area contributed by atoms with Crippen LogP contribution in [0.5, 0.6) is 0 Å². The van der Waals surface area contributed by atoms with Gasteiger partial charge in [-0.2, -0.15) is 13.2 Å². The van der Waals surface area contributed by atoms with Crippen LogP contribution in [0.1, 0.15) is 55.3 Å². The summed E-state index contributed by atoms with van der Waals surface area (Å²) in [6, 6.07) is 0.978. The summed E-state index contributed by atoms with van der Waals surface area (Å²) in [7, 11) is 0. The van der Waals surface area contributed by atoms with Gasteiger partial charge in [-0.05, 0) is 49.7 Å². The maximum atomic E-state index is 14.2. The normalized spacial score (nSPS) is 34.9. The number of nitrogens with one attached hydrogen (secondary N) is 1. The predicted molar refractivity (Wildman–Crippen MR) is 108 cm³/mol. The summed E-state index contributed by atoms with van der Waals surface area (Å²) >= 11 is 0. The van der Waals surface area contributed by atoms with E-state index in [0.717, 1.165) is 37.9 Å². The molecule has 3 heterocycles. The molecule has 5 rings (SSSR count). The minimum absolute atomic E-state index is 0.0520. The van der Waals surface area contributed by atoms with Gasteiger partial charge in [-0.3, -0.25) is 9.78 Å². The predicted octanol–water partition coefficient (Wildman–Crippen LogP) is 3.65. The lowest BCUT2D eigenvalue weighted by Crippen LogP contribution is -2.49. The minimum Gasteiger partial charge on any atom is -0.378 e. The zero-order valence-electron chi connectivity index (χ0n) is 18.0. The maximum absolute atomic E-state index is 14.2. The van der Waals surface area contributed by atoms with Crippen molar-refractivity contribution in [2.24, 2.45) is 11.3 Å². The number of alkyl halides is 4. The van der Waals surface area contributed by atoms with Crippen molar-refractivity contribution in [3.8, 4) is 0 Å². The lowest BCUT2D eigenvalue weighted by atomic mass is 9.78. The monoisotopic (exact) mass is 455 g/mol. The largest absolute Gasteiger partial charge is 0.417 e. The number of fused-ring (bicyclic) bond motifs is 2. The van der Waals surface area contributed by atoms with E-state index in [4.69, 9.17) is 4.74 Å². The lowest BCUT2D eigenvalue weighted by Gasteiger charge is -2.37. The molecule has 9 heteroatoms. The highest BCUT2D eigenvalue weighted by Crippen LogP contribution is 2.55. The Bertz CT molecular complexity index is 879. The van der Waals surface area contributed by atoms with Crippen molar-refractivity contribution < 1.29 is 27.1 Å². The molecule has 1 aromatic heterocycles. The van der Waals surface area contributed by atoms with E-state index in [9.17, 15) is 22.4 Å². The minimum atomic E-state index is -4.45. The summed E-state index contributed by atoms with van der Waals surface area (Å²) in [5, 5.41) is 3.46. The number of halogens is 4. The zero-order chi connectivity index (χ0) is 22.5. The molecule has 0 radical (unpaired) electrons. The Morgan fingerprint density at radius 1 is 1.31 bits per heavy atom. The van der Waals surface area contributed by atoms with Gasteiger partial charge in [-0.15, -0.1) is 0 Å². The van der Waals surface area contributed by atoms with Crippen LogP contribution in [0.15, 0.2) is 12.3 Å². The molecule has 2 aliphatic heterocycles. The van der Waals surface area contributed by atoms with E-state index in [1.165, 1.54) is 0 Å². The molecule has 1 unspecified atom stereocenters. The van der Waals surface area contributed by atoms with Gasteiger partial charge in [0.1, 0.15) is 6.17 Å². The van der Waals surface area contributed by atoms with Gasteiger partial charge in [-0.25, -0.2) is 4.39 Å². The standard InChI is InChI=1S/C23H29F4N3O2/c24-18-13-32-7-4-20(18)29-17-9-15-2-1-5-22(15,10-17)21(31)30-6-3-19-14(12-30)8-16(11-28-19)23(25,26)27/h8,11,15,17-18,20,29H,1-7,9-10,12-13H2/t15-,17-,18+,20?,22-/m1/s1. The van der Waals surface area contributed by atoms with Crippen LogP contribution >= 0.6 is 0 Å². The van der Waals surface area contributed by atoms with Gasteiger partial charge in [-0.1, -0.05) is 6.42 Å². The molecule has 1 aromatic rings. The molecule has 2 aliphatic carbocycles. The molecule has 0 aromatic carbocycles. The molecular weight excluding hydrogens is 426 g/mol. The average Bonchev–Trinajstić information content (AvgIpc) is 3.31. The Morgan fingerprint density at radius 3 is 2.94 bits per heavy atom. The third-order valence-corrected chi connectivity index (χ3v) is 7.95. The molecule has 4 aliphatic rings. The first-order valence-corrected chi connectivity index (χ1v) is 11.6. The van der Waals surface area contributed by atoms with E-state index in [1.807, 2.05) is 0 Å². The first-order valence-electron chi connectivity index (χ1n) is 11.6. The van der Waals surface area contributed by atoms with Crippen LogP contribution in [0.3, 0.4) is 0 Å². The number of carbonyl (C=O) groups is 1.